The normalized spacial score (nSPS) is 11.2. The Morgan fingerprint density at radius 2 is 2.05 bits per heavy atom. The van der Waals surface area contributed by atoms with Gasteiger partial charge in [0.05, 0.1) is 6.33 Å². The van der Waals surface area contributed by atoms with E-state index >= 15 is 0 Å². The van der Waals surface area contributed by atoms with Crippen LogP contribution in [0.1, 0.15) is 30.9 Å². The van der Waals surface area contributed by atoms with Gasteiger partial charge in [0.15, 0.2) is 11.5 Å². The molecule has 21 heavy (non-hydrogen) atoms. The van der Waals surface area contributed by atoms with Crippen molar-refractivity contribution in [1.82, 2.24) is 19.9 Å². The number of nitrogens with zero attached hydrogens (tertiary/aromatic N) is 3. The number of benzene rings is 1. The summed E-state index contributed by atoms with van der Waals surface area (Å²) < 4.78 is 0. The molecule has 108 valence electrons. The highest BCUT2D eigenvalue weighted by Crippen LogP contribution is 2.31. The number of fused-ring (bicyclic) bond motifs is 1. The fourth-order valence-electron chi connectivity index (χ4n) is 2.40. The van der Waals surface area contributed by atoms with Crippen LogP contribution in [-0.2, 0) is 0 Å². The third kappa shape index (κ3) is 2.40. The maximum atomic E-state index is 5.76. The Kier molecular flexibility index (Phi) is 3.21. The van der Waals surface area contributed by atoms with Gasteiger partial charge in [-0.25, -0.2) is 4.98 Å². The number of imidazole rings is 1. The lowest BCUT2D eigenvalue weighted by Crippen LogP contribution is -2.05. The first-order valence-electron chi connectivity index (χ1n) is 6.89. The number of anilines is 3. The quantitative estimate of drug-likeness (QED) is 0.686. The van der Waals surface area contributed by atoms with Crippen LogP contribution < -0.4 is 11.1 Å². The molecule has 0 aliphatic carbocycles. The van der Waals surface area contributed by atoms with Gasteiger partial charge >= 0.3 is 0 Å². The van der Waals surface area contributed by atoms with Crippen molar-refractivity contribution >= 4 is 28.6 Å². The number of rotatable bonds is 3. The molecule has 0 atom stereocenters. The van der Waals surface area contributed by atoms with Crippen LogP contribution >= 0.6 is 0 Å². The summed E-state index contributed by atoms with van der Waals surface area (Å²) in [4.78, 5) is 15.6. The number of nitrogens with one attached hydrogen (secondary N) is 2. The second-order valence-corrected chi connectivity index (χ2v) is 5.35. The zero-order chi connectivity index (χ0) is 15.0. The molecule has 2 heterocycles. The van der Waals surface area contributed by atoms with E-state index in [0.717, 1.165) is 16.8 Å². The van der Waals surface area contributed by atoms with Crippen molar-refractivity contribution in [1.29, 1.82) is 0 Å². The summed E-state index contributed by atoms with van der Waals surface area (Å²) in [7, 11) is 0. The highest BCUT2D eigenvalue weighted by molar-refractivity contribution is 5.86. The van der Waals surface area contributed by atoms with Gasteiger partial charge in [-0.2, -0.15) is 9.97 Å². The number of aromatic amines is 1. The topological polar surface area (TPSA) is 92.5 Å². The van der Waals surface area contributed by atoms with E-state index in [1.54, 1.807) is 6.33 Å². The lowest BCUT2D eigenvalue weighted by atomic mass is 9.98. The van der Waals surface area contributed by atoms with E-state index in [2.05, 4.69) is 64.2 Å². The lowest BCUT2D eigenvalue weighted by molar-refractivity contribution is 0.867. The molecule has 1 aromatic carbocycles. The first kappa shape index (κ1) is 13.4. The van der Waals surface area contributed by atoms with Gasteiger partial charge in [-0.15, -0.1) is 0 Å². The summed E-state index contributed by atoms with van der Waals surface area (Å²) in [6.07, 6.45) is 1.59. The molecular weight excluding hydrogens is 264 g/mol. The smallest absolute Gasteiger partial charge is 0.224 e. The van der Waals surface area contributed by atoms with E-state index in [-0.39, 0.29) is 5.95 Å². The molecule has 0 spiro atoms. The molecule has 6 heteroatoms. The van der Waals surface area contributed by atoms with Crippen LogP contribution in [0, 0.1) is 6.92 Å². The summed E-state index contributed by atoms with van der Waals surface area (Å²) in [5.41, 5.74) is 10.5. The van der Waals surface area contributed by atoms with Gasteiger partial charge in [0.2, 0.25) is 5.95 Å². The molecule has 0 bridgehead atoms. The van der Waals surface area contributed by atoms with Gasteiger partial charge in [0, 0.05) is 5.69 Å². The molecule has 4 N–H and O–H groups in total. The average molecular weight is 282 g/mol. The van der Waals surface area contributed by atoms with Gasteiger partial charge in [-0.3, -0.25) is 0 Å². The minimum Gasteiger partial charge on any atom is -0.368 e. The van der Waals surface area contributed by atoms with Crippen LogP contribution in [0.2, 0.25) is 0 Å². The molecule has 3 rings (SSSR count). The Labute approximate surface area is 122 Å². The van der Waals surface area contributed by atoms with E-state index in [1.165, 1.54) is 5.56 Å². The molecule has 6 nitrogen and oxygen atoms in total. The average Bonchev–Trinajstić information content (AvgIpc) is 2.88. The summed E-state index contributed by atoms with van der Waals surface area (Å²) >= 11 is 0. The van der Waals surface area contributed by atoms with Gasteiger partial charge in [0.1, 0.15) is 5.52 Å². The van der Waals surface area contributed by atoms with Crippen LogP contribution in [0.5, 0.6) is 0 Å². The van der Waals surface area contributed by atoms with Crippen LogP contribution in [0.4, 0.5) is 17.5 Å². The zero-order valence-electron chi connectivity index (χ0n) is 12.3. The number of para-hydroxylation sites is 1. The van der Waals surface area contributed by atoms with E-state index in [9.17, 15) is 0 Å². The largest absolute Gasteiger partial charge is 0.368 e. The second kappa shape index (κ2) is 5.05. The Hall–Kier alpha value is -2.63. The molecule has 0 unspecified atom stereocenters. The molecular formula is C15H18N6. The van der Waals surface area contributed by atoms with Crippen molar-refractivity contribution in [2.24, 2.45) is 0 Å². The van der Waals surface area contributed by atoms with Gasteiger partial charge in [0.25, 0.3) is 0 Å². The maximum Gasteiger partial charge on any atom is 0.224 e. The van der Waals surface area contributed by atoms with Crippen molar-refractivity contribution in [3.63, 3.8) is 0 Å². The number of nitrogens with two attached hydrogens (primary N) is 1. The van der Waals surface area contributed by atoms with Crippen molar-refractivity contribution in [2.45, 2.75) is 26.7 Å². The van der Waals surface area contributed by atoms with Crippen molar-refractivity contribution < 1.29 is 0 Å². The van der Waals surface area contributed by atoms with Gasteiger partial charge < -0.3 is 16.0 Å². The minimum atomic E-state index is 0.205. The van der Waals surface area contributed by atoms with E-state index in [4.69, 9.17) is 5.73 Å². The van der Waals surface area contributed by atoms with E-state index < -0.39 is 0 Å². The number of aromatic nitrogens is 4. The number of hydrogen-bond acceptors (Lipinski definition) is 5. The Balaban J connectivity index is 2.13. The molecule has 0 aliphatic heterocycles. The van der Waals surface area contributed by atoms with Crippen LogP contribution in [0.25, 0.3) is 11.2 Å². The van der Waals surface area contributed by atoms with Crippen LogP contribution in [0.3, 0.4) is 0 Å². The predicted molar refractivity (Wildman–Crippen MR) is 84.6 cm³/mol. The maximum absolute atomic E-state index is 5.76. The van der Waals surface area contributed by atoms with Crippen LogP contribution in [0.15, 0.2) is 24.5 Å². The van der Waals surface area contributed by atoms with Crippen molar-refractivity contribution in [3.05, 3.63) is 35.7 Å². The predicted octanol–water partition coefficient (Wildman–Crippen LogP) is 3.11. The summed E-state index contributed by atoms with van der Waals surface area (Å²) in [5.74, 6) is 1.26. The number of H-pyrrole nitrogens is 1. The number of aryl methyl sites for hydroxylation is 1. The monoisotopic (exact) mass is 282 g/mol. The first-order chi connectivity index (χ1) is 10.1. The summed E-state index contributed by atoms with van der Waals surface area (Å²) in [6.45, 7) is 6.41. The summed E-state index contributed by atoms with van der Waals surface area (Å²) in [5, 5.41) is 3.39. The second-order valence-electron chi connectivity index (χ2n) is 5.35. The van der Waals surface area contributed by atoms with Gasteiger partial charge in [-0.1, -0.05) is 32.0 Å². The highest BCUT2D eigenvalue weighted by Gasteiger charge is 2.13. The lowest BCUT2D eigenvalue weighted by Gasteiger charge is -2.17. The number of nitrogen functional groups attached to an aromatic ring is 1. The fraction of sp³-hybridized carbons (Fsp3) is 0.267. The molecule has 0 aliphatic rings. The molecule has 2 aromatic heterocycles. The SMILES string of the molecule is Cc1cccc(C(C)C)c1Nc1nc(N)nc2nc[nH]c12. The Bertz CT molecular complexity index is 790. The standard InChI is InChI=1S/C15H18N6/c1-8(2)10-6-4-5-9(3)11(10)19-14-12-13(18-7-17-12)20-15(16)21-14/h4-8H,1-3H3,(H4,16,17,18,19,20,21). The van der Waals surface area contributed by atoms with Crippen LogP contribution in [-0.4, -0.2) is 19.9 Å². The molecule has 3 aromatic rings. The minimum absolute atomic E-state index is 0.205. The van der Waals surface area contributed by atoms with Gasteiger partial charge in [-0.05, 0) is 24.0 Å². The highest BCUT2D eigenvalue weighted by atomic mass is 15.1. The van der Waals surface area contributed by atoms with E-state index in [1.807, 2.05) is 0 Å². The van der Waals surface area contributed by atoms with E-state index in [0.29, 0.717) is 17.4 Å². The molecule has 0 saturated heterocycles. The fourth-order valence-corrected chi connectivity index (χ4v) is 2.40. The third-order valence-corrected chi connectivity index (χ3v) is 3.47. The third-order valence-electron chi connectivity index (χ3n) is 3.47. The van der Waals surface area contributed by atoms with Crippen molar-refractivity contribution in [3.8, 4) is 0 Å². The molecule has 0 saturated carbocycles. The Morgan fingerprint density at radius 1 is 1.24 bits per heavy atom. The van der Waals surface area contributed by atoms with Crippen molar-refractivity contribution in [2.75, 3.05) is 11.1 Å². The molecule has 0 radical (unpaired) electrons. The first-order valence-corrected chi connectivity index (χ1v) is 6.89. The zero-order valence-corrected chi connectivity index (χ0v) is 12.3. The molecule has 0 amide bonds. The number of hydrogen-bond donors (Lipinski definition) is 3. The Morgan fingerprint density at radius 3 is 2.81 bits per heavy atom. The summed E-state index contributed by atoms with van der Waals surface area (Å²) in [6, 6.07) is 6.26. The molecule has 0 fully saturated rings.